The standard InChI is InChI=1S/C17H28N2/c1-12(2)8-17(19,3-4-18)16-9-13-5-14(10-16)7-15(6-13)11-16/h12-15H,3,5-11,19H2,1-2H3. The molecule has 4 bridgehead atoms. The lowest BCUT2D eigenvalue weighted by atomic mass is 9.43. The van der Waals surface area contributed by atoms with E-state index in [0.29, 0.717) is 17.8 Å². The lowest BCUT2D eigenvalue weighted by molar-refractivity contribution is -0.101. The van der Waals surface area contributed by atoms with E-state index in [-0.39, 0.29) is 5.54 Å². The molecule has 0 radical (unpaired) electrons. The summed E-state index contributed by atoms with van der Waals surface area (Å²) in [5, 5.41) is 9.29. The molecule has 4 saturated carbocycles. The van der Waals surface area contributed by atoms with Crippen molar-refractivity contribution in [2.75, 3.05) is 0 Å². The number of hydrogen-bond donors (Lipinski definition) is 1. The van der Waals surface area contributed by atoms with Gasteiger partial charge in [-0.15, -0.1) is 0 Å². The first-order valence-electron chi connectivity index (χ1n) is 8.12. The van der Waals surface area contributed by atoms with Gasteiger partial charge in [0.15, 0.2) is 0 Å². The molecule has 0 aromatic rings. The zero-order valence-corrected chi connectivity index (χ0v) is 12.5. The minimum Gasteiger partial charge on any atom is -0.324 e. The summed E-state index contributed by atoms with van der Waals surface area (Å²) in [4.78, 5) is 0. The highest BCUT2D eigenvalue weighted by Gasteiger charge is 2.58. The van der Waals surface area contributed by atoms with E-state index in [9.17, 15) is 5.26 Å². The molecule has 2 N–H and O–H groups in total. The molecule has 2 nitrogen and oxygen atoms in total. The Labute approximate surface area is 117 Å². The number of nitrogens with two attached hydrogens (primary N) is 1. The third-order valence-electron chi connectivity index (χ3n) is 6.26. The molecule has 4 fully saturated rings. The summed E-state index contributed by atoms with van der Waals surface area (Å²) >= 11 is 0. The molecule has 0 amide bonds. The monoisotopic (exact) mass is 260 g/mol. The summed E-state index contributed by atoms with van der Waals surface area (Å²) in [7, 11) is 0. The van der Waals surface area contributed by atoms with Crippen molar-refractivity contribution in [3.63, 3.8) is 0 Å². The summed E-state index contributed by atoms with van der Waals surface area (Å²) in [6, 6.07) is 2.41. The van der Waals surface area contributed by atoms with E-state index < -0.39 is 0 Å². The van der Waals surface area contributed by atoms with Gasteiger partial charge in [0.25, 0.3) is 0 Å². The van der Waals surface area contributed by atoms with Gasteiger partial charge in [-0.05, 0) is 74.0 Å². The lowest BCUT2D eigenvalue weighted by Crippen LogP contribution is -2.63. The molecule has 4 aliphatic carbocycles. The van der Waals surface area contributed by atoms with E-state index in [1.54, 1.807) is 0 Å². The Bertz CT molecular complexity index is 357. The molecule has 4 rings (SSSR count). The Balaban J connectivity index is 1.91. The van der Waals surface area contributed by atoms with Crippen molar-refractivity contribution in [2.45, 2.75) is 70.8 Å². The van der Waals surface area contributed by atoms with Crippen LogP contribution in [-0.2, 0) is 0 Å². The Kier molecular flexibility index (Phi) is 3.17. The summed E-state index contributed by atoms with van der Waals surface area (Å²) < 4.78 is 0. The Morgan fingerprint density at radius 2 is 1.63 bits per heavy atom. The minimum atomic E-state index is -0.230. The van der Waals surface area contributed by atoms with Gasteiger partial charge in [0, 0.05) is 5.54 Å². The molecule has 0 aromatic heterocycles. The van der Waals surface area contributed by atoms with Gasteiger partial charge in [-0.1, -0.05) is 13.8 Å². The van der Waals surface area contributed by atoms with E-state index in [4.69, 9.17) is 5.73 Å². The van der Waals surface area contributed by atoms with Crippen molar-refractivity contribution in [1.29, 1.82) is 5.26 Å². The molecule has 106 valence electrons. The summed E-state index contributed by atoms with van der Waals surface area (Å²) in [5.41, 5.74) is 6.95. The second kappa shape index (κ2) is 4.48. The summed E-state index contributed by atoms with van der Waals surface area (Å²) in [5.74, 6) is 3.34. The number of hydrogen-bond acceptors (Lipinski definition) is 2. The molecule has 0 aromatic carbocycles. The Hall–Kier alpha value is -0.550. The van der Waals surface area contributed by atoms with Crippen LogP contribution in [0.3, 0.4) is 0 Å². The van der Waals surface area contributed by atoms with Crippen LogP contribution in [0.4, 0.5) is 0 Å². The predicted octanol–water partition coefficient (Wildman–Crippen LogP) is 3.86. The van der Waals surface area contributed by atoms with E-state index in [1.165, 1.54) is 38.5 Å². The first kappa shape index (κ1) is 13.4. The Morgan fingerprint density at radius 3 is 2.00 bits per heavy atom. The van der Waals surface area contributed by atoms with Crippen LogP contribution < -0.4 is 5.73 Å². The fourth-order valence-corrected chi connectivity index (χ4v) is 6.07. The first-order chi connectivity index (χ1) is 8.96. The molecular formula is C17H28N2. The molecule has 0 aliphatic heterocycles. The van der Waals surface area contributed by atoms with Crippen LogP contribution in [0.1, 0.15) is 65.2 Å². The third kappa shape index (κ3) is 2.11. The maximum absolute atomic E-state index is 9.29. The third-order valence-corrected chi connectivity index (χ3v) is 6.26. The first-order valence-corrected chi connectivity index (χ1v) is 8.12. The van der Waals surface area contributed by atoms with Gasteiger partial charge in [0.2, 0.25) is 0 Å². The van der Waals surface area contributed by atoms with Gasteiger partial charge in [0.1, 0.15) is 0 Å². The molecular weight excluding hydrogens is 232 g/mol. The molecule has 0 spiro atoms. The van der Waals surface area contributed by atoms with Gasteiger partial charge in [-0.3, -0.25) is 0 Å². The van der Waals surface area contributed by atoms with Crippen LogP contribution in [0, 0.1) is 40.4 Å². The fraction of sp³-hybridized carbons (Fsp3) is 0.941. The second-order valence-corrected chi connectivity index (χ2v) is 8.29. The molecule has 4 aliphatic rings. The highest BCUT2D eigenvalue weighted by atomic mass is 14.8. The van der Waals surface area contributed by atoms with Gasteiger partial charge in [-0.2, -0.15) is 5.26 Å². The minimum absolute atomic E-state index is 0.230. The molecule has 1 atom stereocenters. The highest BCUT2D eigenvalue weighted by Crippen LogP contribution is 2.64. The van der Waals surface area contributed by atoms with Crippen molar-refractivity contribution in [1.82, 2.24) is 0 Å². The lowest BCUT2D eigenvalue weighted by Gasteiger charge is -2.63. The topological polar surface area (TPSA) is 49.8 Å². The zero-order chi connectivity index (χ0) is 13.7. The smallest absolute Gasteiger partial charge is 0.0641 e. The second-order valence-electron chi connectivity index (χ2n) is 8.29. The van der Waals surface area contributed by atoms with E-state index >= 15 is 0 Å². The Morgan fingerprint density at radius 1 is 1.16 bits per heavy atom. The zero-order valence-electron chi connectivity index (χ0n) is 12.5. The summed E-state index contributed by atoms with van der Waals surface area (Å²) in [6.07, 6.45) is 9.85. The summed E-state index contributed by atoms with van der Waals surface area (Å²) in [6.45, 7) is 4.50. The predicted molar refractivity (Wildman–Crippen MR) is 77.2 cm³/mol. The SMILES string of the molecule is CC(C)CC(N)(CC#N)C12CC3CC(CC(C3)C1)C2. The molecule has 0 heterocycles. The van der Waals surface area contributed by atoms with Gasteiger partial charge in [0.05, 0.1) is 12.5 Å². The van der Waals surface area contributed by atoms with Crippen molar-refractivity contribution >= 4 is 0 Å². The van der Waals surface area contributed by atoms with Crippen molar-refractivity contribution in [3.8, 4) is 6.07 Å². The van der Waals surface area contributed by atoms with Crippen LogP contribution >= 0.6 is 0 Å². The molecule has 2 heteroatoms. The molecule has 0 saturated heterocycles. The van der Waals surface area contributed by atoms with Crippen molar-refractivity contribution in [3.05, 3.63) is 0 Å². The van der Waals surface area contributed by atoms with Crippen LogP contribution in [-0.4, -0.2) is 5.54 Å². The van der Waals surface area contributed by atoms with Crippen LogP contribution in [0.15, 0.2) is 0 Å². The number of nitrogens with zero attached hydrogens (tertiary/aromatic N) is 1. The van der Waals surface area contributed by atoms with Gasteiger partial charge < -0.3 is 5.73 Å². The van der Waals surface area contributed by atoms with Crippen LogP contribution in [0.2, 0.25) is 0 Å². The van der Waals surface area contributed by atoms with Gasteiger partial charge >= 0.3 is 0 Å². The fourth-order valence-electron chi connectivity index (χ4n) is 6.07. The highest BCUT2D eigenvalue weighted by molar-refractivity contribution is 5.14. The quantitative estimate of drug-likeness (QED) is 0.834. The van der Waals surface area contributed by atoms with E-state index in [0.717, 1.165) is 24.2 Å². The van der Waals surface area contributed by atoms with Crippen molar-refractivity contribution < 1.29 is 0 Å². The number of nitriles is 1. The molecule has 1 unspecified atom stereocenters. The van der Waals surface area contributed by atoms with Crippen molar-refractivity contribution in [2.24, 2.45) is 34.8 Å². The van der Waals surface area contributed by atoms with Crippen LogP contribution in [0.25, 0.3) is 0 Å². The average molecular weight is 260 g/mol. The number of rotatable bonds is 4. The van der Waals surface area contributed by atoms with Gasteiger partial charge in [-0.25, -0.2) is 0 Å². The maximum Gasteiger partial charge on any atom is 0.0641 e. The van der Waals surface area contributed by atoms with Crippen LogP contribution in [0.5, 0.6) is 0 Å². The average Bonchev–Trinajstić information content (AvgIpc) is 2.25. The normalized spacial score (nSPS) is 43.2. The van der Waals surface area contributed by atoms with E-state index in [1.807, 2.05) is 0 Å². The molecule has 19 heavy (non-hydrogen) atoms. The van der Waals surface area contributed by atoms with E-state index in [2.05, 4.69) is 19.9 Å². The largest absolute Gasteiger partial charge is 0.324 e. The maximum atomic E-state index is 9.29.